The van der Waals surface area contributed by atoms with Crippen LogP contribution in [0.4, 0.5) is 11.4 Å². The molecule has 2 aromatic carbocycles. The van der Waals surface area contributed by atoms with Gasteiger partial charge in [-0.3, -0.25) is 14.9 Å². The Bertz CT molecular complexity index is 1310. The standard InChI is InChI=1S/C23H21N5O3S2/c1-14-4-6-16(7-5-14)21-15(2)32-12-19(21)22-25-26-23(27(22)3)33-13-20(29)24-17-8-10-18(11-9-17)28(30)31/h4-12H,13H2,1-3H3,(H,24,29). The van der Waals surface area contributed by atoms with Gasteiger partial charge in [0.25, 0.3) is 5.69 Å². The minimum absolute atomic E-state index is 0.0253. The van der Waals surface area contributed by atoms with E-state index in [1.807, 2.05) is 11.6 Å². The highest BCUT2D eigenvalue weighted by molar-refractivity contribution is 7.99. The maximum atomic E-state index is 12.3. The zero-order valence-electron chi connectivity index (χ0n) is 18.2. The molecule has 0 radical (unpaired) electrons. The smallest absolute Gasteiger partial charge is 0.269 e. The molecule has 0 saturated carbocycles. The molecule has 2 heterocycles. The van der Waals surface area contributed by atoms with Crippen LogP contribution in [0.2, 0.25) is 0 Å². The summed E-state index contributed by atoms with van der Waals surface area (Å²) in [6.45, 7) is 4.16. The lowest BCUT2D eigenvalue weighted by Gasteiger charge is -2.08. The maximum absolute atomic E-state index is 12.3. The van der Waals surface area contributed by atoms with Crippen molar-refractivity contribution in [3.05, 3.63) is 74.5 Å². The van der Waals surface area contributed by atoms with Crippen LogP contribution in [0.25, 0.3) is 22.5 Å². The molecule has 0 aliphatic carbocycles. The van der Waals surface area contributed by atoms with Gasteiger partial charge in [0.2, 0.25) is 5.91 Å². The number of nitrogens with zero attached hydrogens (tertiary/aromatic N) is 4. The van der Waals surface area contributed by atoms with Crippen LogP contribution >= 0.6 is 23.1 Å². The fourth-order valence-electron chi connectivity index (χ4n) is 3.37. The lowest BCUT2D eigenvalue weighted by atomic mass is 10.0. The van der Waals surface area contributed by atoms with Crippen molar-refractivity contribution >= 4 is 40.4 Å². The number of nitro groups is 1. The first-order chi connectivity index (χ1) is 15.8. The second-order valence-corrected chi connectivity index (χ2v) is 9.48. The van der Waals surface area contributed by atoms with Crippen LogP contribution in [-0.4, -0.2) is 31.3 Å². The zero-order chi connectivity index (χ0) is 23.5. The number of hydrogen-bond donors (Lipinski definition) is 1. The Balaban J connectivity index is 1.47. The lowest BCUT2D eigenvalue weighted by Crippen LogP contribution is -2.14. The van der Waals surface area contributed by atoms with Crippen LogP contribution in [0.1, 0.15) is 10.4 Å². The van der Waals surface area contributed by atoms with Crippen LogP contribution in [0.3, 0.4) is 0 Å². The van der Waals surface area contributed by atoms with Crippen molar-refractivity contribution in [2.45, 2.75) is 19.0 Å². The Labute approximate surface area is 198 Å². The number of aromatic nitrogens is 3. The summed E-state index contributed by atoms with van der Waals surface area (Å²) >= 11 is 2.95. The zero-order valence-corrected chi connectivity index (χ0v) is 19.9. The number of thioether (sulfide) groups is 1. The third-order valence-corrected chi connectivity index (χ3v) is 7.02. The van der Waals surface area contributed by atoms with E-state index < -0.39 is 4.92 Å². The molecule has 1 amide bonds. The van der Waals surface area contributed by atoms with Crippen LogP contribution in [0.5, 0.6) is 0 Å². The molecule has 0 fully saturated rings. The van der Waals surface area contributed by atoms with Gasteiger partial charge in [-0.25, -0.2) is 0 Å². The number of thiophene rings is 1. The van der Waals surface area contributed by atoms with Crippen molar-refractivity contribution in [1.82, 2.24) is 14.8 Å². The molecule has 0 atom stereocenters. The van der Waals surface area contributed by atoms with E-state index in [4.69, 9.17) is 0 Å². The summed E-state index contributed by atoms with van der Waals surface area (Å²) in [4.78, 5) is 23.8. The van der Waals surface area contributed by atoms with E-state index in [1.165, 1.54) is 46.5 Å². The van der Waals surface area contributed by atoms with Crippen molar-refractivity contribution < 1.29 is 9.72 Å². The first-order valence-corrected chi connectivity index (χ1v) is 11.9. The van der Waals surface area contributed by atoms with Gasteiger partial charge in [-0.15, -0.1) is 21.5 Å². The Morgan fingerprint density at radius 2 is 1.82 bits per heavy atom. The minimum Gasteiger partial charge on any atom is -0.325 e. The first kappa shape index (κ1) is 22.7. The molecule has 2 aromatic heterocycles. The highest BCUT2D eigenvalue weighted by Gasteiger charge is 2.19. The summed E-state index contributed by atoms with van der Waals surface area (Å²) in [5.74, 6) is 0.648. The average Bonchev–Trinajstić information content (AvgIpc) is 3.35. The van der Waals surface area contributed by atoms with E-state index in [1.54, 1.807) is 11.3 Å². The number of hydrogen-bond acceptors (Lipinski definition) is 7. The fraction of sp³-hybridized carbons (Fsp3) is 0.174. The number of anilines is 1. The van der Waals surface area contributed by atoms with E-state index in [2.05, 4.69) is 59.0 Å². The first-order valence-electron chi connectivity index (χ1n) is 10.1. The monoisotopic (exact) mass is 479 g/mol. The van der Waals surface area contributed by atoms with Gasteiger partial charge in [-0.2, -0.15) is 0 Å². The number of amides is 1. The van der Waals surface area contributed by atoms with Crippen LogP contribution in [0.15, 0.2) is 59.1 Å². The Hall–Kier alpha value is -3.50. The molecular weight excluding hydrogens is 458 g/mol. The fourth-order valence-corrected chi connectivity index (χ4v) is 4.94. The predicted octanol–water partition coefficient (Wildman–Crippen LogP) is 5.47. The van der Waals surface area contributed by atoms with Gasteiger partial charge in [0.15, 0.2) is 11.0 Å². The van der Waals surface area contributed by atoms with Gasteiger partial charge in [0, 0.05) is 46.3 Å². The maximum Gasteiger partial charge on any atom is 0.269 e. The second-order valence-electron chi connectivity index (χ2n) is 7.45. The van der Waals surface area contributed by atoms with Gasteiger partial charge >= 0.3 is 0 Å². The summed E-state index contributed by atoms with van der Waals surface area (Å²) in [5, 5.41) is 24.9. The van der Waals surface area contributed by atoms with Crippen molar-refractivity contribution in [1.29, 1.82) is 0 Å². The quantitative estimate of drug-likeness (QED) is 0.214. The lowest BCUT2D eigenvalue weighted by molar-refractivity contribution is -0.384. The van der Waals surface area contributed by atoms with E-state index >= 15 is 0 Å². The van der Waals surface area contributed by atoms with E-state index in [0.29, 0.717) is 10.8 Å². The molecule has 0 saturated heterocycles. The average molecular weight is 480 g/mol. The third-order valence-electron chi connectivity index (χ3n) is 5.09. The van der Waals surface area contributed by atoms with Crippen LogP contribution in [0, 0.1) is 24.0 Å². The molecule has 0 aliphatic heterocycles. The van der Waals surface area contributed by atoms with E-state index in [-0.39, 0.29) is 17.3 Å². The molecule has 1 N–H and O–H groups in total. The molecule has 0 spiro atoms. The van der Waals surface area contributed by atoms with Gasteiger partial charge in [-0.05, 0) is 31.5 Å². The number of non-ortho nitro benzene ring substituents is 1. The molecule has 0 aliphatic rings. The Morgan fingerprint density at radius 1 is 1.12 bits per heavy atom. The van der Waals surface area contributed by atoms with E-state index in [9.17, 15) is 14.9 Å². The van der Waals surface area contributed by atoms with Crippen molar-refractivity contribution in [2.75, 3.05) is 11.1 Å². The van der Waals surface area contributed by atoms with Crippen LogP contribution < -0.4 is 5.32 Å². The minimum atomic E-state index is -0.480. The summed E-state index contributed by atoms with van der Waals surface area (Å²) in [6, 6.07) is 14.1. The van der Waals surface area contributed by atoms with Gasteiger partial charge in [0.1, 0.15) is 0 Å². The number of nitrogens with one attached hydrogen (secondary N) is 1. The number of nitro benzene ring substituents is 1. The number of aryl methyl sites for hydroxylation is 2. The molecule has 8 nitrogen and oxygen atoms in total. The summed E-state index contributed by atoms with van der Waals surface area (Å²) in [7, 11) is 1.89. The van der Waals surface area contributed by atoms with Crippen molar-refractivity contribution in [3.8, 4) is 22.5 Å². The molecule has 4 rings (SSSR count). The third kappa shape index (κ3) is 4.96. The molecule has 168 valence electrons. The second kappa shape index (κ2) is 9.55. The highest BCUT2D eigenvalue weighted by Crippen LogP contribution is 2.39. The SMILES string of the molecule is Cc1ccc(-c2c(-c3nnc(SCC(=O)Nc4ccc([N+](=O)[O-])cc4)n3C)csc2C)cc1. The molecule has 0 bridgehead atoms. The Kier molecular flexibility index (Phi) is 6.57. The number of rotatable bonds is 7. The molecule has 0 unspecified atom stereocenters. The largest absolute Gasteiger partial charge is 0.325 e. The van der Waals surface area contributed by atoms with E-state index in [0.717, 1.165) is 22.5 Å². The predicted molar refractivity (Wildman–Crippen MR) is 132 cm³/mol. The summed E-state index contributed by atoms with van der Waals surface area (Å²) in [6.07, 6.45) is 0. The van der Waals surface area contributed by atoms with Gasteiger partial charge < -0.3 is 9.88 Å². The summed E-state index contributed by atoms with van der Waals surface area (Å²) in [5.41, 5.74) is 4.97. The van der Waals surface area contributed by atoms with Gasteiger partial charge in [0.05, 0.1) is 10.7 Å². The molecule has 10 heteroatoms. The number of benzene rings is 2. The van der Waals surface area contributed by atoms with Crippen LogP contribution in [-0.2, 0) is 11.8 Å². The topological polar surface area (TPSA) is 103 Å². The number of carbonyl (C=O) groups excluding carboxylic acids is 1. The van der Waals surface area contributed by atoms with Crippen molar-refractivity contribution in [3.63, 3.8) is 0 Å². The highest BCUT2D eigenvalue weighted by atomic mass is 32.2. The van der Waals surface area contributed by atoms with Crippen molar-refractivity contribution in [2.24, 2.45) is 7.05 Å². The normalized spacial score (nSPS) is 10.9. The van der Waals surface area contributed by atoms with Gasteiger partial charge in [-0.1, -0.05) is 41.6 Å². The summed E-state index contributed by atoms with van der Waals surface area (Å²) < 4.78 is 1.89. The molecular formula is C23H21N5O3S2. The number of carbonyl (C=O) groups is 1. The molecule has 4 aromatic rings. The molecule has 33 heavy (non-hydrogen) atoms. The Morgan fingerprint density at radius 3 is 2.48 bits per heavy atom.